The maximum Gasteiger partial charge on any atom is 0.240 e. The molecular weight excluding hydrogens is 735 g/mol. The molecule has 6 rings (SSSR count). The van der Waals surface area contributed by atoms with Crippen LogP contribution in [-0.4, -0.2) is 154 Å². The van der Waals surface area contributed by atoms with Gasteiger partial charge in [0.2, 0.25) is 11.8 Å². The van der Waals surface area contributed by atoms with E-state index in [1.54, 1.807) is 12.0 Å². The van der Waals surface area contributed by atoms with E-state index in [2.05, 4.69) is 50.4 Å². The second-order valence-corrected chi connectivity index (χ2v) is 22.0. The molecule has 1 heterocycles. The second-order valence-electron chi connectivity index (χ2n) is 19.7. The summed E-state index contributed by atoms with van der Waals surface area (Å²) in [4.78, 5) is 39.1. The van der Waals surface area contributed by atoms with Crippen LogP contribution in [-0.2, 0) is 29.0 Å². The Morgan fingerprint density at radius 3 is 2.34 bits per heavy atom. The van der Waals surface area contributed by atoms with Crippen LogP contribution in [0.15, 0.2) is 0 Å². The first-order valence-electron chi connectivity index (χ1n) is 21.7. The van der Waals surface area contributed by atoms with Crippen molar-refractivity contribution in [2.45, 2.75) is 135 Å². The van der Waals surface area contributed by atoms with Crippen molar-refractivity contribution in [3.05, 3.63) is 0 Å². The van der Waals surface area contributed by atoms with Crippen LogP contribution in [0.1, 0.15) is 92.4 Å². The number of hydroxylamine groups is 2. The predicted molar refractivity (Wildman–Crippen MR) is 218 cm³/mol. The summed E-state index contributed by atoms with van der Waals surface area (Å²) in [6, 6.07) is -0.732. The largest absolute Gasteiger partial charge is 0.394 e. The quantitative estimate of drug-likeness (QED) is 0.171. The zero-order valence-corrected chi connectivity index (χ0v) is 37.0. The predicted octanol–water partition coefficient (Wildman–Crippen LogP) is 2.80. The van der Waals surface area contributed by atoms with Crippen LogP contribution >= 0.6 is 0 Å². The molecule has 324 valence electrons. The van der Waals surface area contributed by atoms with E-state index in [1.807, 2.05) is 25.9 Å². The molecule has 6 fully saturated rings. The molecule has 0 aromatic carbocycles. The van der Waals surface area contributed by atoms with Crippen LogP contribution in [0.25, 0.3) is 0 Å². The zero-order valence-electron chi connectivity index (χ0n) is 36.2. The van der Waals surface area contributed by atoms with Crippen LogP contribution in [0.2, 0.25) is 0 Å². The van der Waals surface area contributed by atoms with E-state index in [9.17, 15) is 28.2 Å². The van der Waals surface area contributed by atoms with E-state index in [4.69, 9.17) is 9.57 Å². The summed E-state index contributed by atoms with van der Waals surface area (Å²) in [6.45, 7) is 11.9. The summed E-state index contributed by atoms with van der Waals surface area (Å²) in [6.07, 6.45) is 7.41. The number of hydrogen-bond donors (Lipinski definition) is 4. The van der Waals surface area contributed by atoms with Gasteiger partial charge in [-0.05, 0) is 128 Å². The molecule has 0 aromatic heterocycles. The third kappa shape index (κ3) is 10.5. The number of amides is 2. The molecule has 2 amide bonds. The molecule has 56 heavy (non-hydrogen) atoms. The number of rotatable bonds is 17. The Balaban J connectivity index is 1.33. The van der Waals surface area contributed by atoms with Crippen LogP contribution in [0.3, 0.4) is 0 Å². The zero-order chi connectivity index (χ0) is 41.3. The number of carbonyl (C=O) groups is 2. The van der Waals surface area contributed by atoms with E-state index >= 15 is 0 Å². The summed E-state index contributed by atoms with van der Waals surface area (Å²) >= 11 is 0. The SMILES string of the molecule is CCOC1C(CN2O[C@@H](CO)[C@@H]([C@H](C)O)C2C(=O)N[C@H]2C[C@H]3C[C@@H]([C@@H]2C)C3(C)C)CCCC1C1CC(C(=O)N[C@@H](CCS(C)(=O)=O)CN(C)C)CC(N(C)C)C1. The minimum Gasteiger partial charge on any atom is -0.394 e. The third-order valence-corrected chi connectivity index (χ3v) is 16.0. The monoisotopic (exact) mass is 812 g/mol. The molecule has 13 nitrogen and oxygen atoms in total. The van der Waals surface area contributed by atoms with Gasteiger partial charge in [-0.15, -0.1) is 0 Å². The Kier molecular flexibility index (Phi) is 15.4. The summed E-state index contributed by atoms with van der Waals surface area (Å²) < 4.78 is 30.7. The summed E-state index contributed by atoms with van der Waals surface area (Å²) in [5.41, 5.74) is 0.294. The van der Waals surface area contributed by atoms with Crippen molar-refractivity contribution in [2.75, 3.05) is 66.5 Å². The number of aliphatic hydroxyl groups is 2. The molecule has 4 N–H and O–H groups in total. The average molecular weight is 812 g/mol. The number of fused-ring (bicyclic) bond motifs is 2. The van der Waals surface area contributed by atoms with Crippen molar-refractivity contribution in [3.8, 4) is 0 Å². The van der Waals surface area contributed by atoms with Crippen LogP contribution in [0.4, 0.5) is 0 Å². The van der Waals surface area contributed by atoms with E-state index in [0.717, 1.165) is 44.9 Å². The number of nitrogens with zero attached hydrogens (tertiary/aromatic N) is 3. The first-order chi connectivity index (χ1) is 26.2. The lowest BCUT2D eigenvalue weighted by molar-refractivity contribution is -0.194. The van der Waals surface area contributed by atoms with Crippen molar-refractivity contribution in [1.82, 2.24) is 25.5 Å². The molecule has 2 bridgehead atoms. The summed E-state index contributed by atoms with van der Waals surface area (Å²) in [5.74, 6) is 1.08. The van der Waals surface area contributed by atoms with Gasteiger partial charge in [0.15, 0.2) is 0 Å². The number of carbonyl (C=O) groups excluding carboxylic acids is 2. The van der Waals surface area contributed by atoms with E-state index in [1.165, 1.54) is 12.7 Å². The Bertz CT molecular complexity index is 1430. The molecule has 1 aliphatic heterocycles. The highest BCUT2D eigenvalue weighted by Crippen LogP contribution is 2.61. The average Bonchev–Trinajstić information content (AvgIpc) is 3.49. The smallest absolute Gasteiger partial charge is 0.240 e. The highest BCUT2D eigenvalue weighted by Gasteiger charge is 2.58. The van der Waals surface area contributed by atoms with Crippen molar-refractivity contribution < 1.29 is 37.8 Å². The number of nitrogens with one attached hydrogen (secondary N) is 2. The Morgan fingerprint density at radius 1 is 1.05 bits per heavy atom. The molecule has 0 aromatic rings. The van der Waals surface area contributed by atoms with Crippen molar-refractivity contribution in [3.63, 3.8) is 0 Å². The standard InChI is InChI=1S/C42H77N5O8S/c1-11-54-39-27(22-47-38(37(26(3)49)36(24-48)55-47)41(51)44-35-21-30-20-34(25(35)2)42(30,4)5)13-12-14-33(39)28-17-29(19-32(18-28)46(8)9)40(50)43-31(23-45(6)7)15-16-56(10,52)53/h25-39,48-49H,11-24H2,1-10H3,(H,43,50)(H,44,51)/t25-,26-,27?,28?,29?,30+,31-,32?,33?,34-,35-,36-,37+,38?,39?/m0/s1. The minimum atomic E-state index is -3.17. The molecule has 0 radical (unpaired) electrons. The maximum absolute atomic E-state index is 14.4. The van der Waals surface area contributed by atoms with Gasteiger partial charge >= 0.3 is 0 Å². The molecule has 15 atom stereocenters. The lowest BCUT2D eigenvalue weighted by Crippen LogP contribution is -2.62. The van der Waals surface area contributed by atoms with Crippen LogP contribution in [0.5, 0.6) is 0 Å². The highest BCUT2D eigenvalue weighted by atomic mass is 32.2. The number of ether oxygens (including phenoxy) is 1. The van der Waals surface area contributed by atoms with Crippen molar-refractivity contribution in [1.29, 1.82) is 0 Å². The molecule has 1 saturated heterocycles. The van der Waals surface area contributed by atoms with Gasteiger partial charge in [0, 0.05) is 61.8 Å². The highest BCUT2D eigenvalue weighted by molar-refractivity contribution is 7.90. The molecule has 0 spiro atoms. The van der Waals surface area contributed by atoms with E-state index in [-0.39, 0.29) is 72.1 Å². The van der Waals surface area contributed by atoms with Gasteiger partial charge in [0.1, 0.15) is 22.0 Å². The van der Waals surface area contributed by atoms with Gasteiger partial charge in [-0.25, -0.2) is 8.42 Å². The van der Waals surface area contributed by atoms with Gasteiger partial charge in [-0.1, -0.05) is 27.2 Å². The van der Waals surface area contributed by atoms with Crippen molar-refractivity contribution in [2.24, 2.45) is 52.8 Å². The summed E-state index contributed by atoms with van der Waals surface area (Å²) in [7, 11) is 4.86. The minimum absolute atomic E-state index is 0.00565. The topological polar surface area (TPSA) is 161 Å². The first-order valence-corrected chi connectivity index (χ1v) is 23.7. The maximum atomic E-state index is 14.4. The van der Waals surface area contributed by atoms with E-state index < -0.39 is 34.0 Å². The third-order valence-electron chi connectivity index (χ3n) is 15.0. The Morgan fingerprint density at radius 2 is 1.77 bits per heavy atom. The summed E-state index contributed by atoms with van der Waals surface area (Å²) in [5, 5.41) is 29.9. The number of likely N-dealkylation sites (N-methyl/N-ethyl adjacent to an activating group) is 1. The molecule has 7 unspecified atom stereocenters. The van der Waals surface area contributed by atoms with Gasteiger partial charge in [0.25, 0.3) is 0 Å². The van der Waals surface area contributed by atoms with Crippen LogP contribution < -0.4 is 10.6 Å². The second kappa shape index (κ2) is 18.9. The van der Waals surface area contributed by atoms with E-state index in [0.29, 0.717) is 49.3 Å². The van der Waals surface area contributed by atoms with Gasteiger partial charge in [0.05, 0.1) is 24.6 Å². The lowest BCUT2D eigenvalue weighted by Gasteiger charge is -2.62. The fraction of sp³-hybridized carbons (Fsp3) is 0.952. The van der Waals surface area contributed by atoms with Crippen LogP contribution in [0, 0.1) is 52.8 Å². The molecule has 5 aliphatic carbocycles. The molecule has 5 saturated carbocycles. The first kappa shape index (κ1) is 45.7. The van der Waals surface area contributed by atoms with Crippen molar-refractivity contribution >= 4 is 21.7 Å². The molecular formula is C42H77N5O8S. The fourth-order valence-electron chi connectivity index (χ4n) is 11.8. The van der Waals surface area contributed by atoms with Gasteiger partial charge in [-0.3, -0.25) is 14.4 Å². The number of hydrogen-bond acceptors (Lipinski definition) is 11. The fourth-order valence-corrected chi connectivity index (χ4v) is 12.5. The molecule has 6 aliphatic rings. The normalized spacial score (nSPS) is 38.6. The lowest BCUT2D eigenvalue weighted by atomic mass is 9.45. The molecule has 14 heteroatoms. The Labute approximate surface area is 338 Å². The Hall–Kier alpha value is -1.39. The van der Waals surface area contributed by atoms with Gasteiger partial charge < -0.3 is 35.4 Å². The number of aliphatic hydroxyl groups excluding tert-OH is 2. The number of sulfone groups is 1. The van der Waals surface area contributed by atoms with Gasteiger partial charge in [-0.2, -0.15) is 5.06 Å².